The normalized spacial score (nSPS) is 18.0. The lowest BCUT2D eigenvalue weighted by atomic mass is 9.76. The van der Waals surface area contributed by atoms with Gasteiger partial charge >= 0.3 is 5.97 Å². The summed E-state index contributed by atoms with van der Waals surface area (Å²) < 4.78 is 64.9. The van der Waals surface area contributed by atoms with Crippen molar-refractivity contribution in [3.05, 3.63) is 70.8 Å². The van der Waals surface area contributed by atoms with Gasteiger partial charge in [-0.2, -0.15) is 0 Å². The maximum atomic E-state index is 15.2. The number of esters is 1. The second-order valence-corrected chi connectivity index (χ2v) is 10.9. The Labute approximate surface area is 234 Å². The summed E-state index contributed by atoms with van der Waals surface area (Å²) in [6.45, 7) is 4.84. The number of carbonyl (C=O) groups is 1. The standard InChI is InChI=1S/C32H40F4O4/c1-3-4-5-6-24-13-14-26(30(35)28(24)33)27-16-15-25(29(34)31(27)36)23-11-9-21(10-12-23)7-8-22(18-38)19-40-32(39)20(2)17-37/h13-16,21-23,37-38H,2-12,17-19H2,1H3. The van der Waals surface area contributed by atoms with Crippen LogP contribution in [0.5, 0.6) is 0 Å². The highest BCUT2D eigenvalue weighted by atomic mass is 19.2. The van der Waals surface area contributed by atoms with Gasteiger partial charge in [0, 0.05) is 23.7 Å². The molecule has 0 aromatic heterocycles. The Kier molecular flexibility index (Phi) is 12.2. The summed E-state index contributed by atoms with van der Waals surface area (Å²) >= 11 is 0. The van der Waals surface area contributed by atoms with Crippen LogP contribution in [0.2, 0.25) is 0 Å². The second kappa shape index (κ2) is 15.3. The van der Waals surface area contributed by atoms with Gasteiger partial charge in [-0.25, -0.2) is 22.4 Å². The first kappa shape index (κ1) is 31.8. The number of aliphatic hydroxyl groups is 2. The number of aryl methyl sites for hydroxylation is 1. The largest absolute Gasteiger partial charge is 0.462 e. The van der Waals surface area contributed by atoms with Gasteiger partial charge in [0.15, 0.2) is 23.3 Å². The van der Waals surface area contributed by atoms with Crippen molar-refractivity contribution in [1.82, 2.24) is 0 Å². The van der Waals surface area contributed by atoms with Crippen LogP contribution in [0.25, 0.3) is 11.1 Å². The first-order valence-corrected chi connectivity index (χ1v) is 14.2. The molecule has 2 aromatic rings. The van der Waals surface area contributed by atoms with Gasteiger partial charge in [0.05, 0.1) is 18.8 Å². The number of aliphatic hydroxyl groups excluding tert-OH is 2. The highest BCUT2D eigenvalue weighted by molar-refractivity contribution is 5.87. The van der Waals surface area contributed by atoms with Crippen molar-refractivity contribution in [2.75, 3.05) is 19.8 Å². The molecule has 0 amide bonds. The van der Waals surface area contributed by atoms with Crippen LogP contribution in [0.15, 0.2) is 36.4 Å². The third-order valence-corrected chi connectivity index (χ3v) is 8.07. The van der Waals surface area contributed by atoms with Crippen LogP contribution in [-0.4, -0.2) is 36.0 Å². The molecule has 220 valence electrons. The molecule has 0 spiro atoms. The van der Waals surface area contributed by atoms with Crippen molar-refractivity contribution in [3.63, 3.8) is 0 Å². The van der Waals surface area contributed by atoms with Gasteiger partial charge in [-0.3, -0.25) is 0 Å². The Morgan fingerprint density at radius 2 is 1.60 bits per heavy atom. The molecule has 2 aromatic carbocycles. The summed E-state index contributed by atoms with van der Waals surface area (Å²) in [5, 5.41) is 18.6. The molecule has 3 rings (SSSR count). The second-order valence-electron chi connectivity index (χ2n) is 10.9. The lowest BCUT2D eigenvalue weighted by molar-refractivity contribution is -0.141. The number of carbonyl (C=O) groups excluding carboxylic acids is 1. The van der Waals surface area contributed by atoms with Crippen LogP contribution >= 0.6 is 0 Å². The minimum Gasteiger partial charge on any atom is -0.462 e. The topological polar surface area (TPSA) is 66.8 Å². The number of hydrogen-bond donors (Lipinski definition) is 2. The van der Waals surface area contributed by atoms with E-state index in [1.54, 1.807) is 0 Å². The Balaban J connectivity index is 1.59. The van der Waals surface area contributed by atoms with E-state index in [9.17, 15) is 18.7 Å². The average molecular weight is 565 g/mol. The minimum absolute atomic E-state index is 0.0343. The minimum atomic E-state index is -1.17. The Bertz CT molecular complexity index is 1160. The smallest absolute Gasteiger partial charge is 0.335 e. The molecule has 40 heavy (non-hydrogen) atoms. The van der Waals surface area contributed by atoms with E-state index in [0.29, 0.717) is 31.6 Å². The predicted molar refractivity (Wildman–Crippen MR) is 147 cm³/mol. The van der Waals surface area contributed by atoms with Gasteiger partial charge in [-0.1, -0.05) is 50.6 Å². The molecular formula is C32H40F4O4. The van der Waals surface area contributed by atoms with Crippen molar-refractivity contribution < 1.29 is 37.3 Å². The zero-order valence-corrected chi connectivity index (χ0v) is 23.2. The molecule has 0 radical (unpaired) electrons. The van der Waals surface area contributed by atoms with E-state index in [-0.39, 0.29) is 52.9 Å². The Morgan fingerprint density at radius 3 is 2.23 bits per heavy atom. The van der Waals surface area contributed by atoms with E-state index in [2.05, 4.69) is 6.58 Å². The molecule has 1 atom stereocenters. The monoisotopic (exact) mass is 564 g/mol. The average Bonchev–Trinajstić information content (AvgIpc) is 2.97. The molecule has 1 saturated carbocycles. The number of benzene rings is 2. The van der Waals surface area contributed by atoms with Crippen molar-refractivity contribution >= 4 is 5.97 Å². The Hall–Kier alpha value is -2.71. The molecule has 1 aliphatic carbocycles. The van der Waals surface area contributed by atoms with E-state index in [4.69, 9.17) is 9.84 Å². The molecule has 0 bridgehead atoms. The first-order valence-electron chi connectivity index (χ1n) is 14.2. The summed E-state index contributed by atoms with van der Waals surface area (Å²) in [7, 11) is 0. The molecule has 1 aliphatic rings. The van der Waals surface area contributed by atoms with Crippen LogP contribution in [0, 0.1) is 35.1 Å². The summed E-state index contributed by atoms with van der Waals surface area (Å²) in [6, 6.07) is 5.60. The zero-order valence-electron chi connectivity index (χ0n) is 23.2. The number of rotatable bonds is 14. The highest BCUT2D eigenvalue weighted by Gasteiger charge is 2.28. The quantitative estimate of drug-likeness (QED) is 0.109. The van der Waals surface area contributed by atoms with E-state index in [1.165, 1.54) is 24.3 Å². The van der Waals surface area contributed by atoms with Gasteiger partial charge in [0.25, 0.3) is 0 Å². The SMILES string of the molecule is C=C(CO)C(=O)OCC(CO)CCC1CCC(c2ccc(-c3ccc(CCCCC)c(F)c3F)c(F)c2F)CC1. The molecule has 8 heteroatoms. The van der Waals surface area contributed by atoms with E-state index >= 15 is 8.78 Å². The third kappa shape index (κ3) is 7.94. The van der Waals surface area contributed by atoms with Gasteiger partial charge in [-0.05, 0) is 74.3 Å². The summed E-state index contributed by atoms with van der Waals surface area (Å²) in [4.78, 5) is 11.7. The fourth-order valence-electron chi connectivity index (χ4n) is 5.46. The summed E-state index contributed by atoms with van der Waals surface area (Å²) in [6.07, 6.45) is 7.32. The predicted octanol–water partition coefficient (Wildman–Crippen LogP) is 7.40. The Morgan fingerprint density at radius 1 is 0.950 bits per heavy atom. The molecule has 1 fully saturated rings. The third-order valence-electron chi connectivity index (χ3n) is 8.07. The molecule has 0 heterocycles. The van der Waals surface area contributed by atoms with Gasteiger partial charge in [0.1, 0.15) is 0 Å². The van der Waals surface area contributed by atoms with E-state index in [0.717, 1.165) is 38.5 Å². The molecule has 0 aliphatic heterocycles. The first-order chi connectivity index (χ1) is 19.2. The van der Waals surface area contributed by atoms with Crippen molar-refractivity contribution in [1.29, 1.82) is 0 Å². The van der Waals surface area contributed by atoms with Crippen LogP contribution in [0.1, 0.15) is 81.8 Å². The van der Waals surface area contributed by atoms with Crippen LogP contribution in [-0.2, 0) is 16.0 Å². The van der Waals surface area contributed by atoms with Crippen molar-refractivity contribution in [2.24, 2.45) is 11.8 Å². The number of hydrogen-bond acceptors (Lipinski definition) is 4. The lowest BCUT2D eigenvalue weighted by Crippen LogP contribution is -2.21. The molecule has 0 saturated heterocycles. The lowest BCUT2D eigenvalue weighted by Gasteiger charge is -2.30. The molecule has 4 nitrogen and oxygen atoms in total. The van der Waals surface area contributed by atoms with Crippen LogP contribution in [0.3, 0.4) is 0 Å². The number of ether oxygens (including phenoxy) is 1. The van der Waals surface area contributed by atoms with Crippen molar-refractivity contribution in [3.8, 4) is 11.1 Å². The molecule has 1 unspecified atom stereocenters. The van der Waals surface area contributed by atoms with Gasteiger partial charge in [0.2, 0.25) is 0 Å². The van der Waals surface area contributed by atoms with E-state index in [1.807, 2.05) is 6.92 Å². The number of unbranched alkanes of at least 4 members (excludes halogenated alkanes) is 2. The van der Waals surface area contributed by atoms with Crippen LogP contribution in [0.4, 0.5) is 17.6 Å². The maximum absolute atomic E-state index is 15.2. The fourth-order valence-corrected chi connectivity index (χ4v) is 5.46. The zero-order chi connectivity index (χ0) is 29.2. The highest BCUT2D eigenvalue weighted by Crippen LogP contribution is 2.41. The van der Waals surface area contributed by atoms with Crippen molar-refractivity contribution in [2.45, 2.75) is 77.0 Å². The molecule has 2 N–H and O–H groups in total. The van der Waals surface area contributed by atoms with Gasteiger partial charge in [-0.15, -0.1) is 0 Å². The summed E-state index contributed by atoms with van der Waals surface area (Å²) in [5.41, 5.74) is -0.124. The van der Waals surface area contributed by atoms with Crippen LogP contribution < -0.4 is 0 Å². The van der Waals surface area contributed by atoms with E-state index < -0.39 is 35.8 Å². The van der Waals surface area contributed by atoms with Gasteiger partial charge < -0.3 is 14.9 Å². The fraction of sp³-hybridized carbons (Fsp3) is 0.531. The number of halogens is 4. The summed E-state index contributed by atoms with van der Waals surface area (Å²) in [5.74, 6) is -5.10. The molecular weight excluding hydrogens is 524 g/mol. The maximum Gasteiger partial charge on any atom is 0.335 e.